The molecular formula is C15H28N2O4. The number of carboxylic acid groups (broad SMARTS) is 1. The Morgan fingerprint density at radius 1 is 1.33 bits per heavy atom. The molecule has 3 atom stereocenters. The number of amides is 1. The zero-order chi connectivity index (χ0) is 15.8. The Labute approximate surface area is 126 Å². The van der Waals surface area contributed by atoms with E-state index in [0.717, 1.165) is 19.3 Å². The highest BCUT2D eigenvalue weighted by Gasteiger charge is 2.29. The van der Waals surface area contributed by atoms with Crippen LogP contribution in [0.1, 0.15) is 46.0 Å². The van der Waals surface area contributed by atoms with Crippen molar-refractivity contribution in [3.63, 3.8) is 0 Å². The molecule has 1 fully saturated rings. The van der Waals surface area contributed by atoms with Crippen LogP contribution in [-0.4, -0.2) is 42.3 Å². The number of ether oxygens (including phenoxy) is 1. The summed E-state index contributed by atoms with van der Waals surface area (Å²) in [4.78, 5) is 22.6. The average molecular weight is 300 g/mol. The standard InChI is InChI=1S/C15H28N2O4/c1-10(2)11(3-6-14(18)19)7-8-17-15(20)13-5-4-12(9-16)21-13/h10-13H,3-9,16H2,1-2H3,(H,17,20)(H,18,19). The average Bonchev–Trinajstić information content (AvgIpc) is 2.90. The fraction of sp³-hybridized carbons (Fsp3) is 0.867. The summed E-state index contributed by atoms with van der Waals surface area (Å²) in [7, 11) is 0. The number of nitrogens with one attached hydrogen (secondary N) is 1. The molecular weight excluding hydrogens is 272 g/mol. The first kappa shape index (κ1) is 17.9. The van der Waals surface area contributed by atoms with Crippen LogP contribution in [0.25, 0.3) is 0 Å². The maximum absolute atomic E-state index is 12.0. The van der Waals surface area contributed by atoms with E-state index in [9.17, 15) is 9.59 Å². The van der Waals surface area contributed by atoms with Crippen molar-refractivity contribution >= 4 is 11.9 Å². The molecule has 21 heavy (non-hydrogen) atoms. The summed E-state index contributed by atoms with van der Waals surface area (Å²) in [5.41, 5.74) is 5.52. The van der Waals surface area contributed by atoms with Crippen LogP contribution >= 0.6 is 0 Å². The molecule has 0 aliphatic carbocycles. The van der Waals surface area contributed by atoms with Crippen LogP contribution in [0.15, 0.2) is 0 Å². The predicted octanol–water partition coefficient (Wildman–Crippen LogP) is 1.14. The molecule has 6 nitrogen and oxygen atoms in total. The van der Waals surface area contributed by atoms with Gasteiger partial charge in [-0.05, 0) is 37.5 Å². The van der Waals surface area contributed by atoms with E-state index in [2.05, 4.69) is 19.2 Å². The molecule has 6 heteroatoms. The van der Waals surface area contributed by atoms with Gasteiger partial charge in [0.1, 0.15) is 6.10 Å². The van der Waals surface area contributed by atoms with Crippen molar-refractivity contribution in [1.29, 1.82) is 0 Å². The largest absolute Gasteiger partial charge is 0.481 e. The highest BCUT2D eigenvalue weighted by atomic mass is 16.5. The molecule has 0 bridgehead atoms. The van der Waals surface area contributed by atoms with Crippen LogP contribution in [0.5, 0.6) is 0 Å². The van der Waals surface area contributed by atoms with Gasteiger partial charge in [-0.1, -0.05) is 13.8 Å². The van der Waals surface area contributed by atoms with Gasteiger partial charge < -0.3 is 20.9 Å². The van der Waals surface area contributed by atoms with E-state index in [1.54, 1.807) is 0 Å². The van der Waals surface area contributed by atoms with E-state index in [0.29, 0.717) is 31.3 Å². The molecule has 1 aliphatic heterocycles. The van der Waals surface area contributed by atoms with Crippen molar-refractivity contribution in [3.05, 3.63) is 0 Å². The lowest BCUT2D eigenvalue weighted by molar-refractivity contribution is -0.137. The summed E-state index contributed by atoms with van der Waals surface area (Å²) in [5, 5.41) is 11.6. The van der Waals surface area contributed by atoms with Crippen LogP contribution in [-0.2, 0) is 14.3 Å². The van der Waals surface area contributed by atoms with E-state index in [4.69, 9.17) is 15.6 Å². The van der Waals surface area contributed by atoms with Crippen LogP contribution in [0.3, 0.4) is 0 Å². The third-order valence-electron chi connectivity index (χ3n) is 4.15. The molecule has 0 saturated carbocycles. The van der Waals surface area contributed by atoms with Crippen molar-refractivity contribution in [2.75, 3.05) is 13.1 Å². The first-order valence-corrected chi connectivity index (χ1v) is 7.79. The van der Waals surface area contributed by atoms with Crippen LogP contribution in [0.2, 0.25) is 0 Å². The number of nitrogens with two attached hydrogens (primary N) is 1. The first-order chi connectivity index (χ1) is 9.93. The predicted molar refractivity (Wildman–Crippen MR) is 79.8 cm³/mol. The van der Waals surface area contributed by atoms with E-state index in [1.807, 2.05) is 0 Å². The minimum absolute atomic E-state index is 0.000251. The zero-order valence-corrected chi connectivity index (χ0v) is 13.0. The van der Waals surface area contributed by atoms with Gasteiger partial charge in [0.05, 0.1) is 6.10 Å². The Morgan fingerprint density at radius 2 is 2.05 bits per heavy atom. The highest BCUT2D eigenvalue weighted by molar-refractivity contribution is 5.80. The normalized spacial score (nSPS) is 23.2. The Balaban J connectivity index is 2.26. The molecule has 1 rings (SSSR count). The number of hydrogen-bond donors (Lipinski definition) is 3. The highest BCUT2D eigenvalue weighted by Crippen LogP contribution is 2.21. The maximum Gasteiger partial charge on any atom is 0.303 e. The summed E-state index contributed by atoms with van der Waals surface area (Å²) in [6.45, 7) is 5.18. The summed E-state index contributed by atoms with van der Waals surface area (Å²) in [5.74, 6) is -0.128. The van der Waals surface area contributed by atoms with Gasteiger partial charge in [0.2, 0.25) is 5.91 Å². The van der Waals surface area contributed by atoms with Crippen molar-refractivity contribution in [1.82, 2.24) is 5.32 Å². The Morgan fingerprint density at radius 3 is 2.57 bits per heavy atom. The molecule has 1 aliphatic rings. The first-order valence-electron chi connectivity index (χ1n) is 7.79. The second kappa shape index (κ2) is 9.00. The molecule has 0 aromatic heterocycles. The monoisotopic (exact) mass is 300 g/mol. The molecule has 0 spiro atoms. The van der Waals surface area contributed by atoms with Gasteiger partial charge in [-0.25, -0.2) is 0 Å². The minimum Gasteiger partial charge on any atom is -0.481 e. The van der Waals surface area contributed by atoms with Gasteiger partial charge in [0.25, 0.3) is 0 Å². The minimum atomic E-state index is -0.767. The number of carbonyl (C=O) groups excluding carboxylic acids is 1. The lowest BCUT2D eigenvalue weighted by atomic mass is 9.88. The van der Waals surface area contributed by atoms with Crippen molar-refractivity contribution in [2.24, 2.45) is 17.6 Å². The third-order valence-corrected chi connectivity index (χ3v) is 4.15. The van der Waals surface area contributed by atoms with Crippen molar-refractivity contribution < 1.29 is 19.4 Å². The van der Waals surface area contributed by atoms with E-state index in [1.165, 1.54) is 0 Å². The summed E-state index contributed by atoms with van der Waals surface area (Å²) in [6, 6.07) is 0. The number of hydrogen-bond acceptors (Lipinski definition) is 4. The molecule has 0 aromatic rings. The maximum atomic E-state index is 12.0. The summed E-state index contributed by atoms with van der Waals surface area (Å²) < 4.78 is 5.54. The molecule has 122 valence electrons. The molecule has 0 aromatic carbocycles. The Bertz CT molecular complexity index is 347. The number of carbonyl (C=O) groups is 2. The van der Waals surface area contributed by atoms with Crippen LogP contribution < -0.4 is 11.1 Å². The van der Waals surface area contributed by atoms with E-state index in [-0.39, 0.29) is 24.5 Å². The van der Waals surface area contributed by atoms with Gasteiger partial charge >= 0.3 is 5.97 Å². The van der Waals surface area contributed by atoms with E-state index >= 15 is 0 Å². The number of aliphatic carboxylic acids is 1. The SMILES string of the molecule is CC(C)C(CCNC(=O)C1CCC(CN)O1)CCC(=O)O. The molecule has 4 N–H and O–H groups in total. The summed E-state index contributed by atoms with van der Waals surface area (Å²) >= 11 is 0. The van der Waals surface area contributed by atoms with Crippen molar-refractivity contribution in [3.8, 4) is 0 Å². The topological polar surface area (TPSA) is 102 Å². The molecule has 0 radical (unpaired) electrons. The molecule has 1 heterocycles. The molecule has 1 amide bonds. The molecule has 3 unspecified atom stereocenters. The van der Waals surface area contributed by atoms with Gasteiger partial charge in [-0.2, -0.15) is 0 Å². The van der Waals surface area contributed by atoms with Gasteiger partial charge in [-0.3, -0.25) is 9.59 Å². The number of rotatable bonds is 9. The lowest BCUT2D eigenvalue weighted by Crippen LogP contribution is -2.36. The van der Waals surface area contributed by atoms with Gasteiger partial charge in [0.15, 0.2) is 0 Å². The second-order valence-corrected chi connectivity index (χ2v) is 6.08. The number of carboxylic acids is 1. The molecule has 1 saturated heterocycles. The lowest BCUT2D eigenvalue weighted by Gasteiger charge is -2.21. The van der Waals surface area contributed by atoms with Gasteiger partial charge in [-0.15, -0.1) is 0 Å². The summed E-state index contributed by atoms with van der Waals surface area (Å²) in [6.07, 6.45) is 2.81. The van der Waals surface area contributed by atoms with Crippen molar-refractivity contribution in [2.45, 2.75) is 58.2 Å². The van der Waals surface area contributed by atoms with Crippen LogP contribution in [0, 0.1) is 11.8 Å². The quantitative estimate of drug-likeness (QED) is 0.592. The fourth-order valence-corrected chi connectivity index (χ4v) is 2.69. The zero-order valence-electron chi connectivity index (χ0n) is 13.0. The Kier molecular flexibility index (Phi) is 7.67. The fourth-order valence-electron chi connectivity index (χ4n) is 2.69. The third kappa shape index (κ3) is 6.44. The van der Waals surface area contributed by atoms with E-state index < -0.39 is 5.97 Å². The van der Waals surface area contributed by atoms with Gasteiger partial charge in [0, 0.05) is 19.5 Å². The smallest absolute Gasteiger partial charge is 0.303 e. The Hall–Kier alpha value is -1.14. The van der Waals surface area contributed by atoms with Crippen LogP contribution in [0.4, 0.5) is 0 Å². The second-order valence-electron chi connectivity index (χ2n) is 6.08.